The molecule has 1 aliphatic rings. The van der Waals surface area contributed by atoms with Crippen molar-refractivity contribution in [3.8, 4) is 0 Å². The average Bonchev–Trinajstić information content (AvgIpc) is 2.38. The number of hydrogen-bond acceptors (Lipinski definition) is 3. The van der Waals surface area contributed by atoms with Gasteiger partial charge < -0.3 is 9.90 Å². The lowest BCUT2D eigenvalue weighted by Crippen LogP contribution is -2.49. The molecular weight excluding hydrogens is 238 g/mol. The summed E-state index contributed by atoms with van der Waals surface area (Å²) in [4.78, 5) is 13.9. The number of aliphatic hydroxyl groups excluding tert-OH is 1. The maximum atomic E-state index is 11.6. The molecule has 1 unspecified atom stereocenters. The number of carbonyl (C=O) groups is 1. The molecule has 3 heteroatoms. The van der Waals surface area contributed by atoms with Gasteiger partial charge in [-0.25, -0.2) is 0 Å². The van der Waals surface area contributed by atoms with Crippen molar-refractivity contribution in [2.45, 2.75) is 37.6 Å². The second kappa shape index (κ2) is 6.31. The van der Waals surface area contributed by atoms with Crippen LogP contribution in [-0.4, -0.2) is 42.0 Å². The molecule has 2 rings (SSSR count). The average molecular weight is 261 g/mol. The minimum Gasteiger partial charge on any atom is -0.395 e. The summed E-state index contributed by atoms with van der Waals surface area (Å²) in [7, 11) is 0. The van der Waals surface area contributed by atoms with E-state index in [2.05, 4.69) is 4.90 Å². The fourth-order valence-electron chi connectivity index (χ4n) is 2.71. The molecule has 0 heterocycles. The van der Waals surface area contributed by atoms with Crippen LogP contribution in [0, 0.1) is 0 Å². The number of carbonyl (C=O) groups excluding carboxylic acids is 1. The summed E-state index contributed by atoms with van der Waals surface area (Å²) in [5, 5.41) is 9.22. The zero-order chi connectivity index (χ0) is 13.7. The molecular formula is C16H23NO2. The SMILES string of the molecule is CC(C=O)(CN(CCO)C1CCC1)c1ccccc1. The molecule has 0 aromatic heterocycles. The highest BCUT2D eigenvalue weighted by Gasteiger charge is 2.33. The first-order valence-electron chi connectivity index (χ1n) is 7.06. The van der Waals surface area contributed by atoms with E-state index in [1.54, 1.807) is 0 Å². The fourth-order valence-corrected chi connectivity index (χ4v) is 2.71. The normalized spacial score (nSPS) is 18.9. The van der Waals surface area contributed by atoms with Gasteiger partial charge >= 0.3 is 0 Å². The molecule has 1 aromatic carbocycles. The molecule has 0 aliphatic heterocycles. The molecule has 0 bridgehead atoms. The van der Waals surface area contributed by atoms with Crippen LogP contribution in [0.3, 0.4) is 0 Å². The Morgan fingerprint density at radius 3 is 2.53 bits per heavy atom. The lowest BCUT2D eigenvalue weighted by molar-refractivity contribution is -0.113. The summed E-state index contributed by atoms with van der Waals surface area (Å²) in [6.07, 6.45) is 4.68. The minimum atomic E-state index is -0.494. The maximum Gasteiger partial charge on any atom is 0.131 e. The van der Waals surface area contributed by atoms with E-state index in [0.29, 0.717) is 19.1 Å². The number of hydrogen-bond donors (Lipinski definition) is 1. The molecule has 19 heavy (non-hydrogen) atoms. The van der Waals surface area contributed by atoms with Crippen LogP contribution in [0.1, 0.15) is 31.7 Å². The summed E-state index contributed by atoms with van der Waals surface area (Å²) < 4.78 is 0. The molecule has 104 valence electrons. The molecule has 0 saturated heterocycles. The predicted molar refractivity (Wildman–Crippen MR) is 76.2 cm³/mol. The third-order valence-corrected chi connectivity index (χ3v) is 4.20. The monoisotopic (exact) mass is 261 g/mol. The zero-order valence-electron chi connectivity index (χ0n) is 11.6. The van der Waals surface area contributed by atoms with Gasteiger partial charge in [0.2, 0.25) is 0 Å². The molecule has 0 radical (unpaired) electrons. The van der Waals surface area contributed by atoms with Crippen molar-refractivity contribution in [3.63, 3.8) is 0 Å². The van der Waals surface area contributed by atoms with E-state index in [4.69, 9.17) is 0 Å². The van der Waals surface area contributed by atoms with Crippen molar-refractivity contribution < 1.29 is 9.90 Å². The first kappa shape index (κ1) is 14.2. The fraction of sp³-hybridized carbons (Fsp3) is 0.562. The van der Waals surface area contributed by atoms with Gasteiger partial charge in [-0.1, -0.05) is 36.8 Å². The molecule has 0 spiro atoms. The number of aliphatic hydroxyl groups is 1. The maximum absolute atomic E-state index is 11.6. The summed E-state index contributed by atoms with van der Waals surface area (Å²) >= 11 is 0. The van der Waals surface area contributed by atoms with Crippen LogP contribution in [0.15, 0.2) is 30.3 Å². The largest absolute Gasteiger partial charge is 0.395 e. The minimum absolute atomic E-state index is 0.153. The second-order valence-corrected chi connectivity index (χ2v) is 5.68. The number of benzene rings is 1. The Morgan fingerprint density at radius 2 is 2.05 bits per heavy atom. The summed E-state index contributed by atoms with van der Waals surface area (Å²) in [6, 6.07) is 10.5. The Bertz CT molecular complexity index is 402. The quantitative estimate of drug-likeness (QED) is 0.763. The first-order valence-corrected chi connectivity index (χ1v) is 7.06. The van der Waals surface area contributed by atoms with E-state index in [9.17, 15) is 9.90 Å². The lowest BCUT2D eigenvalue weighted by Gasteiger charge is -2.41. The zero-order valence-corrected chi connectivity index (χ0v) is 11.6. The van der Waals surface area contributed by atoms with Gasteiger partial charge in [0.15, 0.2) is 0 Å². The molecule has 1 atom stereocenters. The molecule has 1 fully saturated rings. The van der Waals surface area contributed by atoms with Crippen LogP contribution < -0.4 is 0 Å². The van der Waals surface area contributed by atoms with E-state index in [1.165, 1.54) is 19.3 Å². The van der Waals surface area contributed by atoms with Gasteiger partial charge in [0.1, 0.15) is 6.29 Å². The summed E-state index contributed by atoms with van der Waals surface area (Å²) in [5.41, 5.74) is 0.554. The predicted octanol–water partition coefficient (Wildman–Crippen LogP) is 1.99. The van der Waals surface area contributed by atoms with Gasteiger partial charge in [0.05, 0.1) is 12.0 Å². The third kappa shape index (κ3) is 3.23. The van der Waals surface area contributed by atoms with Crippen LogP contribution in [0.25, 0.3) is 0 Å². The standard InChI is InChI=1S/C16H23NO2/c1-16(13-19,14-6-3-2-4-7-14)12-17(10-11-18)15-8-5-9-15/h2-4,6-7,13,15,18H,5,8-12H2,1H3. The van der Waals surface area contributed by atoms with Crippen molar-refractivity contribution >= 4 is 6.29 Å². The smallest absolute Gasteiger partial charge is 0.131 e. The van der Waals surface area contributed by atoms with Crippen LogP contribution in [0.5, 0.6) is 0 Å². The highest BCUT2D eigenvalue weighted by Crippen LogP contribution is 2.29. The van der Waals surface area contributed by atoms with Gasteiger partial charge in [-0.3, -0.25) is 4.90 Å². The molecule has 0 amide bonds. The van der Waals surface area contributed by atoms with Crippen molar-refractivity contribution in [1.82, 2.24) is 4.90 Å². The molecule has 3 nitrogen and oxygen atoms in total. The molecule has 1 aromatic rings. The lowest BCUT2D eigenvalue weighted by atomic mass is 9.81. The second-order valence-electron chi connectivity index (χ2n) is 5.68. The molecule has 1 aliphatic carbocycles. The Hall–Kier alpha value is -1.19. The number of rotatable bonds is 7. The van der Waals surface area contributed by atoms with Crippen LogP contribution in [0.4, 0.5) is 0 Å². The highest BCUT2D eigenvalue weighted by molar-refractivity contribution is 5.68. The molecule has 1 N–H and O–H groups in total. The Balaban J connectivity index is 2.13. The third-order valence-electron chi connectivity index (χ3n) is 4.20. The van der Waals surface area contributed by atoms with E-state index in [-0.39, 0.29) is 6.61 Å². The van der Waals surface area contributed by atoms with E-state index >= 15 is 0 Å². The van der Waals surface area contributed by atoms with Crippen LogP contribution in [0.2, 0.25) is 0 Å². The Morgan fingerprint density at radius 1 is 1.37 bits per heavy atom. The number of nitrogens with zero attached hydrogens (tertiary/aromatic N) is 1. The Kier molecular flexibility index (Phi) is 4.72. The van der Waals surface area contributed by atoms with E-state index in [0.717, 1.165) is 11.8 Å². The van der Waals surface area contributed by atoms with E-state index < -0.39 is 5.41 Å². The van der Waals surface area contributed by atoms with Crippen LogP contribution >= 0.6 is 0 Å². The van der Waals surface area contributed by atoms with E-state index in [1.807, 2.05) is 37.3 Å². The summed E-state index contributed by atoms with van der Waals surface area (Å²) in [5.74, 6) is 0. The van der Waals surface area contributed by atoms with Crippen LogP contribution in [-0.2, 0) is 10.2 Å². The van der Waals surface area contributed by atoms with Crippen molar-refractivity contribution in [2.24, 2.45) is 0 Å². The topological polar surface area (TPSA) is 40.5 Å². The van der Waals surface area contributed by atoms with Gasteiger partial charge in [0.25, 0.3) is 0 Å². The van der Waals surface area contributed by atoms with Gasteiger partial charge in [-0.2, -0.15) is 0 Å². The van der Waals surface area contributed by atoms with Gasteiger partial charge in [-0.15, -0.1) is 0 Å². The molecule has 1 saturated carbocycles. The van der Waals surface area contributed by atoms with Crippen molar-refractivity contribution in [2.75, 3.05) is 19.7 Å². The van der Waals surface area contributed by atoms with Crippen molar-refractivity contribution in [1.29, 1.82) is 0 Å². The first-order chi connectivity index (χ1) is 9.19. The summed E-state index contributed by atoms with van der Waals surface area (Å²) in [6.45, 7) is 3.48. The Labute approximate surface area is 115 Å². The number of aldehydes is 1. The van der Waals surface area contributed by atoms with Gasteiger partial charge in [0, 0.05) is 19.1 Å². The van der Waals surface area contributed by atoms with Crippen molar-refractivity contribution in [3.05, 3.63) is 35.9 Å². The highest BCUT2D eigenvalue weighted by atomic mass is 16.3. The van der Waals surface area contributed by atoms with Gasteiger partial charge in [-0.05, 0) is 25.3 Å².